The molecule has 11 nitrogen and oxygen atoms in total. The van der Waals surface area contributed by atoms with Crippen LogP contribution in [0.3, 0.4) is 0 Å². The highest BCUT2D eigenvalue weighted by Gasteiger charge is 2.64. The third kappa shape index (κ3) is 4.11. The predicted octanol–water partition coefficient (Wildman–Crippen LogP) is 0.713. The second-order valence-corrected chi connectivity index (χ2v) is 8.56. The lowest BCUT2D eigenvalue weighted by molar-refractivity contribution is -0.233. The van der Waals surface area contributed by atoms with Crippen molar-refractivity contribution in [3.63, 3.8) is 0 Å². The SMILES string of the molecule is O=c1[nH]cc(-c2cc(N3C[C@H](OC(O)NC4(C(F)(F)F)CC4)C(F)(F)C3)c3ncc(F)n3n2)c(=O)[nH]1. The average molecular weight is 521 g/mol. The lowest BCUT2D eigenvalue weighted by Crippen LogP contribution is -2.52. The number of aliphatic hydroxyl groups excluding tert-OH is 1. The zero-order chi connectivity index (χ0) is 26.0. The molecule has 1 aliphatic carbocycles. The first-order valence-electron chi connectivity index (χ1n) is 10.5. The summed E-state index contributed by atoms with van der Waals surface area (Å²) in [6.45, 7) is -1.65. The van der Waals surface area contributed by atoms with Crippen LogP contribution in [0.15, 0.2) is 28.0 Å². The molecule has 17 heteroatoms. The molecular formula is C19H17F6N7O4. The van der Waals surface area contributed by atoms with E-state index in [-0.39, 0.29) is 35.4 Å². The summed E-state index contributed by atoms with van der Waals surface area (Å²) in [5.41, 5.74) is -4.78. The number of hydrogen-bond donors (Lipinski definition) is 4. The molecule has 5 rings (SSSR count). The van der Waals surface area contributed by atoms with E-state index in [0.717, 1.165) is 17.3 Å². The number of alkyl halides is 5. The van der Waals surface area contributed by atoms with Crippen LogP contribution in [0.4, 0.5) is 32.0 Å². The van der Waals surface area contributed by atoms with Crippen LogP contribution in [0.5, 0.6) is 0 Å². The number of aromatic amines is 2. The number of imidazole rings is 1. The highest BCUT2D eigenvalue weighted by Crippen LogP contribution is 2.49. The van der Waals surface area contributed by atoms with Crippen LogP contribution in [0.2, 0.25) is 0 Å². The Balaban J connectivity index is 1.45. The predicted molar refractivity (Wildman–Crippen MR) is 109 cm³/mol. The van der Waals surface area contributed by atoms with Crippen molar-refractivity contribution in [3.05, 3.63) is 45.2 Å². The highest BCUT2D eigenvalue weighted by molar-refractivity contribution is 5.74. The Morgan fingerprint density at radius 3 is 2.64 bits per heavy atom. The van der Waals surface area contributed by atoms with Crippen molar-refractivity contribution in [1.82, 2.24) is 29.9 Å². The lowest BCUT2D eigenvalue weighted by atomic mass is 10.2. The molecule has 2 atom stereocenters. The fraction of sp³-hybridized carbons (Fsp3) is 0.474. The zero-order valence-electron chi connectivity index (χ0n) is 17.9. The minimum atomic E-state index is -4.70. The van der Waals surface area contributed by atoms with Gasteiger partial charge in [0.2, 0.25) is 12.4 Å². The van der Waals surface area contributed by atoms with Crippen molar-refractivity contribution in [2.75, 3.05) is 18.0 Å². The highest BCUT2D eigenvalue weighted by atomic mass is 19.4. The second-order valence-electron chi connectivity index (χ2n) is 8.56. The number of aromatic nitrogens is 5. The molecule has 194 valence electrons. The molecule has 0 aromatic carbocycles. The molecule has 0 amide bonds. The van der Waals surface area contributed by atoms with Crippen molar-refractivity contribution in [2.24, 2.45) is 0 Å². The molecule has 36 heavy (non-hydrogen) atoms. The summed E-state index contributed by atoms with van der Waals surface area (Å²) in [5, 5.41) is 15.7. The fourth-order valence-corrected chi connectivity index (χ4v) is 4.03. The largest absolute Gasteiger partial charge is 0.406 e. The number of ether oxygens (including phenoxy) is 1. The van der Waals surface area contributed by atoms with Crippen LogP contribution in [-0.4, -0.2) is 72.9 Å². The van der Waals surface area contributed by atoms with E-state index in [1.165, 1.54) is 6.07 Å². The second kappa shape index (κ2) is 8.04. The van der Waals surface area contributed by atoms with Crippen LogP contribution < -0.4 is 21.5 Å². The summed E-state index contributed by atoms with van der Waals surface area (Å²) in [7, 11) is 0. The summed E-state index contributed by atoms with van der Waals surface area (Å²) in [6, 6.07) is 1.17. The van der Waals surface area contributed by atoms with Crippen molar-refractivity contribution in [1.29, 1.82) is 0 Å². The van der Waals surface area contributed by atoms with Gasteiger partial charge < -0.3 is 19.7 Å². The Labute approximate surface area is 195 Å². The van der Waals surface area contributed by atoms with Crippen molar-refractivity contribution < 1.29 is 36.2 Å². The molecule has 1 aliphatic heterocycles. The van der Waals surface area contributed by atoms with Crippen LogP contribution >= 0.6 is 0 Å². The van der Waals surface area contributed by atoms with E-state index in [4.69, 9.17) is 4.74 Å². The number of rotatable bonds is 6. The fourth-order valence-electron chi connectivity index (χ4n) is 4.03. The molecule has 0 bridgehead atoms. The van der Waals surface area contributed by atoms with Gasteiger partial charge in [-0.1, -0.05) is 0 Å². The first-order chi connectivity index (χ1) is 16.8. The number of fused-ring (bicyclic) bond motifs is 1. The lowest BCUT2D eigenvalue weighted by Gasteiger charge is -2.27. The van der Waals surface area contributed by atoms with Crippen LogP contribution in [0.1, 0.15) is 12.8 Å². The molecule has 0 radical (unpaired) electrons. The summed E-state index contributed by atoms with van der Waals surface area (Å²) >= 11 is 0. The van der Waals surface area contributed by atoms with Crippen molar-refractivity contribution >= 4 is 11.3 Å². The maximum absolute atomic E-state index is 14.8. The van der Waals surface area contributed by atoms with Gasteiger partial charge in [-0.05, 0) is 18.9 Å². The first-order valence-corrected chi connectivity index (χ1v) is 10.5. The van der Waals surface area contributed by atoms with E-state index in [0.29, 0.717) is 4.52 Å². The van der Waals surface area contributed by atoms with Gasteiger partial charge in [-0.3, -0.25) is 15.1 Å². The third-order valence-electron chi connectivity index (χ3n) is 6.09. The maximum Gasteiger partial charge on any atom is 0.406 e. The number of hydrogen-bond acceptors (Lipinski definition) is 8. The van der Waals surface area contributed by atoms with Crippen molar-refractivity contribution in [2.45, 2.75) is 43.0 Å². The Morgan fingerprint density at radius 2 is 2.00 bits per heavy atom. The summed E-state index contributed by atoms with van der Waals surface area (Å²) in [6.07, 6.45) is -7.97. The number of aliphatic hydroxyl groups is 1. The van der Waals surface area contributed by atoms with Crippen LogP contribution in [0.25, 0.3) is 16.9 Å². The van der Waals surface area contributed by atoms with Gasteiger partial charge in [0.25, 0.3) is 11.5 Å². The molecule has 3 aromatic heterocycles. The van der Waals surface area contributed by atoms with Gasteiger partial charge in [-0.15, -0.1) is 0 Å². The molecule has 2 aliphatic rings. The average Bonchev–Trinajstić information content (AvgIpc) is 3.39. The number of H-pyrrole nitrogens is 2. The molecule has 2 fully saturated rings. The Hall–Kier alpha value is -3.44. The summed E-state index contributed by atoms with van der Waals surface area (Å²) < 4.78 is 88.7. The number of anilines is 1. The van der Waals surface area contributed by atoms with E-state index < -0.39 is 60.4 Å². The molecule has 4 N–H and O–H groups in total. The normalized spacial score (nSPS) is 21.8. The molecule has 1 saturated carbocycles. The smallest absolute Gasteiger partial charge is 0.359 e. The molecule has 4 heterocycles. The Morgan fingerprint density at radius 1 is 1.28 bits per heavy atom. The number of nitrogens with zero attached hydrogens (tertiary/aromatic N) is 4. The van der Waals surface area contributed by atoms with Crippen LogP contribution in [0, 0.1) is 5.95 Å². The van der Waals surface area contributed by atoms with Gasteiger partial charge in [0, 0.05) is 6.20 Å². The monoisotopic (exact) mass is 521 g/mol. The topological polar surface area (TPSA) is 141 Å². The first kappa shape index (κ1) is 24.3. The summed E-state index contributed by atoms with van der Waals surface area (Å²) in [4.78, 5) is 32.5. The summed E-state index contributed by atoms with van der Waals surface area (Å²) in [5.74, 6) is -4.62. The van der Waals surface area contributed by atoms with Gasteiger partial charge >= 0.3 is 11.9 Å². The number of nitrogens with one attached hydrogen (secondary N) is 3. The van der Waals surface area contributed by atoms with E-state index >= 15 is 0 Å². The maximum atomic E-state index is 14.8. The van der Waals surface area contributed by atoms with Gasteiger partial charge in [0.1, 0.15) is 17.3 Å². The number of halogens is 6. The Kier molecular flexibility index (Phi) is 5.42. The molecule has 0 spiro atoms. The molecule has 1 unspecified atom stereocenters. The minimum absolute atomic E-state index is 0.100. The van der Waals surface area contributed by atoms with Gasteiger partial charge in [-0.2, -0.15) is 27.2 Å². The van der Waals surface area contributed by atoms with Gasteiger partial charge in [0.15, 0.2) is 5.65 Å². The standard InChI is InChI=1S/C19H17F6N7O4/c20-12-5-26-13-10(3-9(30-32(12)13)8-4-27-15(34)28-14(8)33)31-6-11(18(21,22)7-31)36-16(35)29-17(1-2-17)19(23,24)25/h3-5,11,16,29,35H,1-2,6-7H2,(H2,27,28,33,34)/t11-,16?/m0/s1. The minimum Gasteiger partial charge on any atom is -0.359 e. The quantitative estimate of drug-likeness (QED) is 0.275. The zero-order valence-corrected chi connectivity index (χ0v) is 17.9. The van der Waals surface area contributed by atoms with Crippen molar-refractivity contribution in [3.8, 4) is 11.3 Å². The van der Waals surface area contributed by atoms with Gasteiger partial charge in [0.05, 0.1) is 30.5 Å². The molecule has 1 saturated heterocycles. The molecule has 3 aromatic rings. The van der Waals surface area contributed by atoms with E-state index in [1.54, 1.807) is 0 Å². The van der Waals surface area contributed by atoms with E-state index in [1.807, 2.05) is 10.3 Å². The third-order valence-corrected chi connectivity index (χ3v) is 6.09. The van der Waals surface area contributed by atoms with E-state index in [9.17, 15) is 41.0 Å². The molecular weight excluding hydrogens is 504 g/mol. The van der Waals surface area contributed by atoms with Gasteiger partial charge in [-0.25, -0.2) is 18.6 Å². The van der Waals surface area contributed by atoms with Crippen LogP contribution in [-0.2, 0) is 4.74 Å². The van der Waals surface area contributed by atoms with E-state index in [2.05, 4.69) is 15.1 Å². The Bertz CT molecular complexity index is 1430.